The lowest BCUT2D eigenvalue weighted by Crippen LogP contribution is -2.45. The molecule has 2 aromatic carbocycles. The van der Waals surface area contributed by atoms with Gasteiger partial charge in [0.2, 0.25) is 0 Å². The first-order valence-electron chi connectivity index (χ1n) is 10.4. The summed E-state index contributed by atoms with van der Waals surface area (Å²) in [4.78, 5) is 20.3. The molecule has 2 aromatic rings. The van der Waals surface area contributed by atoms with E-state index in [1.807, 2.05) is 37.3 Å². The summed E-state index contributed by atoms with van der Waals surface area (Å²) >= 11 is 1.40. The van der Waals surface area contributed by atoms with E-state index in [2.05, 4.69) is 62.1 Å². The molecule has 1 N–H and O–H groups in total. The third-order valence-electron chi connectivity index (χ3n) is 6.30. The molecule has 30 heavy (non-hydrogen) atoms. The van der Waals surface area contributed by atoms with Gasteiger partial charge in [-0.2, -0.15) is 0 Å². The Morgan fingerprint density at radius 2 is 1.93 bits per heavy atom. The van der Waals surface area contributed by atoms with E-state index in [-0.39, 0.29) is 11.4 Å². The Morgan fingerprint density at radius 1 is 1.20 bits per heavy atom. The standard InChI is InChI=1S/C25H29N3OS/c1-15-9-7-8-10-20(15)26-24-27-23(29)22(30-24)13-18-12-19-17(3)14-25(4,5)28(6)21(19)11-16(18)2/h7-13,17H,14H2,1-6H3,(H,26,27,29)/b22-13+. The van der Waals surface area contributed by atoms with Crippen molar-refractivity contribution >= 4 is 40.3 Å². The maximum Gasteiger partial charge on any atom is 0.264 e. The van der Waals surface area contributed by atoms with E-state index in [0.29, 0.717) is 16.0 Å². The zero-order valence-corrected chi connectivity index (χ0v) is 19.4. The molecular formula is C25H29N3OS. The second-order valence-electron chi connectivity index (χ2n) is 9.01. The Balaban J connectivity index is 1.67. The van der Waals surface area contributed by atoms with Gasteiger partial charge in [0.05, 0.1) is 10.6 Å². The Morgan fingerprint density at radius 3 is 2.67 bits per heavy atom. The number of carbonyl (C=O) groups is 1. The van der Waals surface area contributed by atoms with Crippen LogP contribution in [0.3, 0.4) is 0 Å². The number of para-hydroxylation sites is 1. The van der Waals surface area contributed by atoms with Crippen molar-refractivity contribution in [2.75, 3.05) is 11.9 Å². The molecule has 1 amide bonds. The van der Waals surface area contributed by atoms with Gasteiger partial charge in [-0.3, -0.25) is 4.79 Å². The fraction of sp³-hybridized carbons (Fsp3) is 0.360. The smallest absolute Gasteiger partial charge is 0.264 e. The second-order valence-corrected chi connectivity index (χ2v) is 10.0. The highest BCUT2D eigenvalue weighted by atomic mass is 32.2. The number of carbonyl (C=O) groups excluding carboxylic acids is 1. The number of fused-ring (bicyclic) bond motifs is 1. The first-order valence-corrected chi connectivity index (χ1v) is 11.2. The number of aryl methyl sites for hydroxylation is 2. The number of nitrogens with one attached hydrogen (secondary N) is 1. The van der Waals surface area contributed by atoms with Crippen LogP contribution in [0.1, 0.15) is 55.4 Å². The third-order valence-corrected chi connectivity index (χ3v) is 7.21. The second kappa shape index (κ2) is 7.62. The molecule has 0 spiro atoms. The summed E-state index contributed by atoms with van der Waals surface area (Å²) in [6, 6.07) is 12.5. The zero-order chi connectivity index (χ0) is 21.6. The minimum Gasteiger partial charge on any atom is -0.369 e. The molecule has 2 aliphatic rings. The molecule has 1 unspecified atom stereocenters. The number of anilines is 1. The normalized spacial score (nSPS) is 23.1. The van der Waals surface area contributed by atoms with Crippen molar-refractivity contribution in [1.29, 1.82) is 0 Å². The number of hydrogen-bond donors (Lipinski definition) is 1. The number of nitrogens with zero attached hydrogens (tertiary/aromatic N) is 2. The monoisotopic (exact) mass is 419 g/mol. The number of amides is 1. The van der Waals surface area contributed by atoms with Gasteiger partial charge >= 0.3 is 0 Å². The molecule has 2 aliphatic heterocycles. The van der Waals surface area contributed by atoms with Crippen LogP contribution < -0.4 is 10.2 Å². The Kier molecular flexibility index (Phi) is 5.27. The molecule has 0 aromatic heterocycles. The average molecular weight is 420 g/mol. The zero-order valence-electron chi connectivity index (χ0n) is 18.5. The van der Waals surface area contributed by atoms with Gasteiger partial charge in [-0.15, -0.1) is 0 Å². The summed E-state index contributed by atoms with van der Waals surface area (Å²) in [6.07, 6.45) is 3.11. The van der Waals surface area contributed by atoms with E-state index >= 15 is 0 Å². The number of thioether (sulfide) groups is 1. The van der Waals surface area contributed by atoms with Crippen LogP contribution in [-0.4, -0.2) is 23.7 Å². The molecule has 1 fully saturated rings. The van der Waals surface area contributed by atoms with Crippen molar-refractivity contribution in [2.45, 2.75) is 52.5 Å². The lowest BCUT2D eigenvalue weighted by atomic mass is 9.79. The third kappa shape index (κ3) is 3.79. The number of rotatable bonds is 2. The van der Waals surface area contributed by atoms with Crippen LogP contribution in [0.5, 0.6) is 0 Å². The summed E-state index contributed by atoms with van der Waals surface area (Å²) in [7, 11) is 2.18. The number of aliphatic imine (C=N–C) groups is 1. The summed E-state index contributed by atoms with van der Waals surface area (Å²) in [5.74, 6) is 0.392. The fourth-order valence-electron chi connectivity index (χ4n) is 4.31. The topological polar surface area (TPSA) is 44.7 Å². The van der Waals surface area contributed by atoms with E-state index in [1.165, 1.54) is 28.6 Å². The molecule has 0 saturated carbocycles. The molecule has 2 heterocycles. The van der Waals surface area contributed by atoms with Gasteiger partial charge in [0.15, 0.2) is 5.17 Å². The summed E-state index contributed by atoms with van der Waals surface area (Å²) < 4.78 is 0. The molecule has 4 rings (SSSR count). The highest BCUT2D eigenvalue weighted by molar-refractivity contribution is 8.18. The quantitative estimate of drug-likeness (QED) is 0.615. The number of hydrogen-bond acceptors (Lipinski definition) is 4. The van der Waals surface area contributed by atoms with Crippen LogP contribution in [0.15, 0.2) is 46.3 Å². The number of benzene rings is 2. The molecule has 0 radical (unpaired) electrons. The van der Waals surface area contributed by atoms with Crippen LogP contribution in [-0.2, 0) is 4.79 Å². The maximum absolute atomic E-state index is 12.6. The van der Waals surface area contributed by atoms with E-state index < -0.39 is 0 Å². The van der Waals surface area contributed by atoms with Gasteiger partial charge in [0.25, 0.3) is 5.91 Å². The minimum atomic E-state index is -0.0873. The summed E-state index contributed by atoms with van der Waals surface area (Å²) in [5, 5.41) is 3.54. The SMILES string of the molecule is Cc1cc2c(cc1/C=C1/SC(=Nc3ccccc3C)NC1=O)C(C)CC(C)(C)N2C. The van der Waals surface area contributed by atoms with Gasteiger partial charge in [0.1, 0.15) is 0 Å². The fourth-order valence-corrected chi connectivity index (χ4v) is 5.14. The Hall–Kier alpha value is -2.53. The minimum absolute atomic E-state index is 0.0873. The number of amidine groups is 1. The molecule has 1 saturated heterocycles. The molecule has 5 heteroatoms. The van der Waals surface area contributed by atoms with Crippen molar-refractivity contribution < 1.29 is 4.79 Å². The van der Waals surface area contributed by atoms with Crippen molar-refractivity contribution in [3.8, 4) is 0 Å². The van der Waals surface area contributed by atoms with Gasteiger partial charge in [-0.25, -0.2) is 4.99 Å². The van der Waals surface area contributed by atoms with E-state index in [9.17, 15) is 4.79 Å². The molecular weight excluding hydrogens is 390 g/mol. The maximum atomic E-state index is 12.6. The first kappa shape index (κ1) is 20.7. The largest absolute Gasteiger partial charge is 0.369 e. The van der Waals surface area contributed by atoms with E-state index in [4.69, 9.17) is 0 Å². The molecule has 1 atom stereocenters. The molecule has 0 bridgehead atoms. The van der Waals surface area contributed by atoms with Crippen molar-refractivity contribution in [3.63, 3.8) is 0 Å². The van der Waals surface area contributed by atoms with Crippen LogP contribution in [0.4, 0.5) is 11.4 Å². The Bertz CT molecular complexity index is 1080. The lowest BCUT2D eigenvalue weighted by molar-refractivity contribution is -0.115. The van der Waals surface area contributed by atoms with Crippen molar-refractivity contribution in [1.82, 2.24) is 5.32 Å². The summed E-state index contributed by atoms with van der Waals surface area (Å²) in [5.41, 5.74) is 7.03. The van der Waals surface area contributed by atoms with Crippen LogP contribution in [0.25, 0.3) is 6.08 Å². The first-order chi connectivity index (χ1) is 14.2. The van der Waals surface area contributed by atoms with Crippen molar-refractivity contribution in [2.24, 2.45) is 4.99 Å². The summed E-state index contributed by atoms with van der Waals surface area (Å²) in [6.45, 7) is 11.0. The Labute approximate surface area is 183 Å². The molecule has 0 aliphatic carbocycles. The predicted molar refractivity (Wildman–Crippen MR) is 129 cm³/mol. The highest BCUT2D eigenvalue weighted by Gasteiger charge is 2.34. The average Bonchev–Trinajstić information content (AvgIpc) is 3.02. The van der Waals surface area contributed by atoms with Crippen molar-refractivity contribution in [3.05, 3.63) is 63.6 Å². The van der Waals surface area contributed by atoms with E-state index in [0.717, 1.165) is 23.2 Å². The lowest BCUT2D eigenvalue weighted by Gasteiger charge is -2.45. The van der Waals surface area contributed by atoms with Gasteiger partial charge in [0, 0.05) is 18.3 Å². The van der Waals surface area contributed by atoms with Crippen LogP contribution in [0.2, 0.25) is 0 Å². The van der Waals surface area contributed by atoms with Gasteiger partial charge in [-0.05, 0) is 98.3 Å². The van der Waals surface area contributed by atoms with E-state index in [1.54, 1.807) is 0 Å². The molecule has 4 nitrogen and oxygen atoms in total. The molecule has 156 valence electrons. The van der Waals surface area contributed by atoms with Gasteiger partial charge < -0.3 is 10.2 Å². The predicted octanol–water partition coefficient (Wildman–Crippen LogP) is 5.92. The van der Waals surface area contributed by atoms with Crippen LogP contribution in [0, 0.1) is 13.8 Å². The highest BCUT2D eigenvalue weighted by Crippen LogP contribution is 2.44. The van der Waals surface area contributed by atoms with Crippen LogP contribution >= 0.6 is 11.8 Å². The van der Waals surface area contributed by atoms with Gasteiger partial charge in [-0.1, -0.05) is 25.1 Å².